The zero-order valence-corrected chi connectivity index (χ0v) is 11.8. The van der Waals surface area contributed by atoms with Crippen molar-refractivity contribution in [2.24, 2.45) is 5.73 Å². The van der Waals surface area contributed by atoms with E-state index in [9.17, 15) is 0 Å². The van der Waals surface area contributed by atoms with Gasteiger partial charge in [-0.2, -0.15) is 0 Å². The van der Waals surface area contributed by atoms with Gasteiger partial charge in [0, 0.05) is 11.4 Å². The highest BCUT2D eigenvalue weighted by Crippen LogP contribution is 2.10. The maximum atomic E-state index is 5.47. The number of nitrogens with two attached hydrogens (primary N) is 1. The molecule has 1 aromatic heterocycles. The summed E-state index contributed by atoms with van der Waals surface area (Å²) in [6.45, 7) is 3.26. The number of rotatable bonds is 10. The quantitative estimate of drug-likeness (QED) is 0.650. The topological polar surface area (TPSA) is 29.3 Å². The van der Waals surface area contributed by atoms with Crippen LogP contribution < -0.4 is 5.73 Å². The van der Waals surface area contributed by atoms with Crippen molar-refractivity contribution in [3.63, 3.8) is 0 Å². The van der Waals surface area contributed by atoms with E-state index in [-0.39, 0.29) is 0 Å². The third-order valence-corrected chi connectivity index (χ3v) is 4.00. The number of nitrogens with zero attached hydrogens (tertiary/aromatic N) is 1. The van der Waals surface area contributed by atoms with Crippen LogP contribution >= 0.6 is 11.3 Å². The van der Waals surface area contributed by atoms with E-state index in [2.05, 4.69) is 29.5 Å². The predicted octanol–water partition coefficient (Wildman–Crippen LogP) is 3.13. The molecule has 2 nitrogen and oxygen atoms in total. The van der Waals surface area contributed by atoms with Crippen molar-refractivity contribution >= 4 is 11.3 Å². The first kappa shape index (κ1) is 14.7. The molecular weight excluding hydrogens is 228 g/mol. The van der Waals surface area contributed by atoms with Gasteiger partial charge < -0.3 is 10.6 Å². The van der Waals surface area contributed by atoms with Crippen LogP contribution in [-0.2, 0) is 6.42 Å². The smallest absolute Gasteiger partial charge is 0.00579 e. The summed E-state index contributed by atoms with van der Waals surface area (Å²) in [5.74, 6) is 0. The van der Waals surface area contributed by atoms with Crippen LogP contribution in [0.15, 0.2) is 17.5 Å². The molecule has 0 fully saturated rings. The predicted molar refractivity (Wildman–Crippen MR) is 77.7 cm³/mol. The molecule has 0 aliphatic rings. The van der Waals surface area contributed by atoms with Crippen molar-refractivity contribution in [3.8, 4) is 0 Å². The number of hydrogen-bond donors (Lipinski definition) is 1. The first-order valence-corrected chi connectivity index (χ1v) is 7.62. The normalized spacial score (nSPS) is 11.2. The molecule has 0 amide bonds. The van der Waals surface area contributed by atoms with E-state index in [1.54, 1.807) is 0 Å². The van der Waals surface area contributed by atoms with Crippen LogP contribution in [0.1, 0.15) is 37.0 Å². The number of unbranched alkanes of at least 4 members (excludes halogenated alkanes) is 4. The van der Waals surface area contributed by atoms with Gasteiger partial charge in [-0.3, -0.25) is 0 Å². The molecule has 1 heterocycles. The second kappa shape index (κ2) is 9.63. The lowest BCUT2D eigenvalue weighted by molar-refractivity contribution is 0.328. The van der Waals surface area contributed by atoms with Gasteiger partial charge in [-0.25, -0.2) is 0 Å². The molecule has 0 aliphatic carbocycles. The first-order valence-electron chi connectivity index (χ1n) is 6.74. The zero-order chi connectivity index (χ0) is 12.3. The van der Waals surface area contributed by atoms with Crippen molar-refractivity contribution in [1.29, 1.82) is 0 Å². The molecule has 1 rings (SSSR count). The highest BCUT2D eigenvalue weighted by molar-refractivity contribution is 7.09. The molecule has 0 aromatic carbocycles. The lowest BCUT2D eigenvalue weighted by Crippen LogP contribution is -2.22. The van der Waals surface area contributed by atoms with Gasteiger partial charge >= 0.3 is 0 Å². The maximum Gasteiger partial charge on any atom is 0.00579 e. The fourth-order valence-corrected chi connectivity index (χ4v) is 2.62. The summed E-state index contributed by atoms with van der Waals surface area (Å²) in [5.41, 5.74) is 5.47. The Morgan fingerprint density at radius 2 is 1.88 bits per heavy atom. The molecule has 2 N–H and O–H groups in total. The Morgan fingerprint density at radius 3 is 2.59 bits per heavy atom. The number of hydrogen-bond acceptors (Lipinski definition) is 3. The third-order valence-electron chi connectivity index (χ3n) is 3.06. The van der Waals surface area contributed by atoms with Gasteiger partial charge in [-0.1, -0.05) is 25.3 Å². The summed E-state index contributed by atoms with van der Waals surface area (Å²) >= 11 is 1.86. The van der Waals surface area contributed by atoms with Gasteiger partial charge in [0.05, 0.1) is 0 Å². The minimum atomic E-state index is 0.848. The van der Waals surface area contributed by atoms with Gasteiger partial charge in [0.2, 0.25) is 0 Å². The SMILES string of the molecule is CN(CCCCCCCN)CCc1cccs1. The number of likely N-dealkylation sites (N-methyl/N-ethyl adjacent to an activating group) is 1. The Morgan fingerprint density at radius 1 is 1.12 bits per heavy atom. The molecule has 0 saturated carbocycles. The minimum Gasteiger partial charge on any atom is -0.330 e. The van der Waals surface area contributed by atoms with Crippen LogP contribution in [0.25, 0.3) is 0 Å². The largest absolute Gasteiger partial charge is 0.330 e. The summed E-state index contributed by atoms with van der Waals surface area (Å²) < 4.78 is 0. The highest BCUT2D eigenvalue weighted by atomic mass is 32.1. The first-order chi connectivity index (χ1) is 8.33. The van der Waals surface area contributed by atoms with Gasteiger partial charge in [0.25, 0.3) is 0 Å². The summed E-state index contributed by atoms with van der Waals surface area (Å²) in [4.78, 5) is 3.95. The molecule has 17 heavy (non-hydrogen) atoms. The summed E-state index contributed by atoms with van der Waals surface area (Å²) in [7, 11) is 2.23. The van der Waals surface area contributed by atoms with Crippen molar-refractivity contribution < 1.29 is 0 Å². The molecule has 0 saturated heterocycles. The average Bonchev–Trinajstić information content (AvgIpc) is 2.84. The van der Waals surface area contributed by atoms with E-state index < -0.39 is 0 Å². The van der Waals surface area contributed by atoms with E-state index >= 15 is 0 Å². The molecule has 98 valence electrons. The third kappa shape index (κ3) is 7.53. The Kier molecular flexibility index (Phi) is 8.32. The van der Waals surface area contributed by atoms with E-state index in [0.29, 0.717) is 0 Å². The van der Waals surface area contributed by atoms with Crippen LogP contribution in [0, 0.1) is 0 Å². The van der Waals surface area contributed by atoms with E-state index in [1.165, 1.54) is 56.5 Å². The molecule has 3 heteroatoms. The minimum absolute atomic E-state index is 0.848. The van der Waals surface area contributed by atoms with Crippen LogP contribution in [0.2, 0.25) is 0 Å². The molecule has 0 aliphatic heterocycles. The Labute approximate surface area is 110 Å². The van der Waals surface area contributed by atoms with E-state index in [4.69, 9.17) is 5.73 Å². The lowest BCUT2D eigenvalue weighted by Gasteiger charge is -2.15. The summed E-state index contributed by atoms with van der Waals surface area (Å²) in [6, 6.07) is 4.36. The van der Waals surface area contributed by atoms with Crippen LogP contribution in [0.4, 0.5) is 0 Å². The van der Waals surface area contributed by atoms with Gasteiger partial charge in [0.15, 0.2) is 0 Å². The molecule has 0 spiro atoms. The molecule has 0 bridgehead atoms. The van der Waals surface area contributed by atoms with E-state index in [1.807, 2.05) is 11.3 Å². The molecule has 0 unspecified atom stereocenters. The number of thiophene rings is 1. The van der Waals surface area contributed by atoms with Crippen LogP contribution in [-0.4, -0.2) is 31.6 Å². The van der Waals surface area contributed by atoms with Gasteiger partial charge in [0.1, 0.15) is 0 Å². The van der Waals surface area contributed by atoms with E-state index in [0.717, 1.165) is 6.54 Å². The standard InChI is InChI=1S/C14H26N2S/c1-16(11-6-4-2-3-5-10-15)12-9-14-8-7-13-17-14/h7-8,13H,2-6,9-12,15H2,1H3. The Balaban J connectivity index is 1.92. The molecule has 0 atom stereocenters. The van der Waals surface area contributed by atoms with Gasteiger partial charge in [-0.15, -0.1) is 11.3 Å². The zero-order valence-electron chi connectivity index (χ0n) is 11.0. The molecule has 0 radical (unpaired) electrons. The highest BCUT2D eigenvalue weighted by Gasteiger charge is 2.00. The van der Waals surface area contributed by atoms with Crippen molar-refractivity contribution in [3.05, 3.63) is 22.4 Å². The second-order valence-electron chi connectivity index (χ2n) is 4.69. The summed E-state index contributed by atoms with van der Waals surface area (Å²) in [5, 5.41) is 2.16. The van der Waals surface area contributed by atoms with Crippen molar-refractivity contribution in [2.45, 2.75) is 38.5 Å². The summed E-state index contributed by atoms with van der Waals surface area (Å²) in [6.07, 6.45) is 7.70. The van der Waals surface area contributed by atoms with Crippen LogP contribution in [0.3, 0.4) is 0 Å². The lowest BCUT2D eigenvalue weighted by atomic mass is 10.1. The second-order valence-corrected chi connectivity index (χ2v) is 5.72. The average molecular weight is 254 g/mol. The Bertz CT molecular complexity index is 259. The molecular formula is C14H26N2S. The van der Waals surface area contributed by atoms with Crippen molar-refractivity contribution in [2.75, 3.05) is 26.7 Å². The fourth-order valence-electron chi connectivity index (χ4n) is 1.92. The fraction of sp³-hybridized carbons (Fsp3) is 0.714. The molecule has 1 aromatic rings. The Hall–Kier alpha value is -0.380. The monoisotopic (exact) mass is 254 g/mol. The van der Waals surface area contributed by atoms with Crippen LogP contribution in [0.5, 0.6) is 0 Å². The maximum absolute atomic E-state index is 5.47. The van der Waals surface area contributed by atoms with Gasteiger partial charge in [-0.05, 0) is 50.8 Å². The van der Waals surface area contributed by atoms with Crippen molar-refractivity contribution in [1.82, 2.24) is 4.90 Å².